The summed E-state index contributed by atoms with van der Waals surface area (Å²) in [4.78, 5) is 0. The van der Waals surface area contributed by atoms with Gasteiger partial charge in [-0.1, -0.05) is 23.7 Å². The number of rotatable bonds is 5. The van der Waals surface area contributed by atoms with Crippen molar-refractivity contribution in [1.82, 2.24) is 9.78 Å². The van der Waals surface area contributed by atoms with E-state index in [2.05, 4.69) is 5.10 Å². The van der Waals surface area contributed by atoms with Crippen LogP contribution in [0.1, 0.15) is 23.1 Å². The maximum absolute atomic E-state index is 10.5. The highest BCUT2D eigenvalue weighted by Gasteiger charge is 2.21. The summed E-state index contributed by atoms with van der Waals surface area (Å²) in [6.45, 7) is 1.84. The maximum Gasteiger partial charge on any atom is 0.166 e. The van der Waals surface area contributed by atoms with Crippen molar-refractivity contribution in [3.63, 3.8) is 0 Å². The molecule has 2 rings (SSSR count). The number of nitrogens with zero attached hydrogens (tertiary/aromatic N) is 2. The number of aliphatic hydroxyl groups is 1. The zero-order chi connectivity index (χ0) is 15.6. The number of aliphatic hydroxyl groups excluding tert-OH is 1. The van der Waals surface area contributed by atoms with E-state index < -0.39 is 6.10 Å². The summed E-state index contributed by atoms with van der Waals surface area (Å²) >= 11 is 6.23. The fourth-order valence-electron chi connectivity index (χ4n) is 2.37. The number of aromatic nitrogens is 2. The molecule has 6 heteroatoms. The molecule has 2 aromatic rings. The lowest BCUT2D eigenvalue weighted by atomic mass is 10.0. The molecule has 21 heavy (non-hydrogen) atoms. The Morgan fingerprint density at radius 2 is 2.05 bits per heavy atom. The van der Waals surface area contributed by atoms with Crippen molar-refractivity contribution in [1.29, 1.82) is 0 Å². The molecule has 0 bridgehead atoms. The van der Waals surface area contributed by atoms with Crippen LogP contribution in [0, 0.1) is 6.92 Å². The number of aryl methyl sites for hydroxylation is 2. The minimum atomic E-state index is -0.762. The van der Waals surface area contributed by atoms with Crippen molar-refractivity contribution in [3.8, 4) is 11.5 Å². The molecule has 1 aromatic carbocycles. The first kappa shape index (κ1) is 15.7. The van der Waals surface area contributed by atoms with Crippen LogP contribution in [0.2, 0.25) is 5.02 Å². The first-order valence-corrected chi connectivity index (χ1v) is 6.94. The molecule has 5 nitrogen and oxygen atoms in total. The highest BCUT2D eigenvalue weighted by Crippen LogP contribution is 2.36. The Morgan fingerprint density at radius 3 is 2.57 bits per heavy atom. The molecule has 0 aliphatic rings. The molecule has 0 aliphatic heterocycles. The molecular weight excluding hydrogens is 292 g/mol. The van der Waals surface area contributed by atoms with Gasteiger partial charge in [-0.25, -0.2) is 0 Å². The van der Waals surface area contributed by atoms with Crippen LogP contribution < -0.4 is 9.47 Å². The van der Waals surface area contributed by atoms with Gasteiger partial charge < -0.3 is 14.6 Å². The van der Waals surface area contributed by atoms with Crippen LogP contribution in [0.3, 0.4) is 0 Å². The quantitative estimate of drug-likeness (QED) is 0.922. The average molecular weight is 311 g/mol. The van der Waals surface area contributed by atoms with Gasteiger partial charge in [0, 0.05) is 19.0 Å². The van der Waals surface area contributed by atoms with Crippen LogP contribution >= 0.6 is 11.6 Å². The van der Waals surface area contributed by atoms with E-state index in [0.29, 0.717) is 28.5 Å². The van der Waals surface area contributed by atoms with E-state index >= 15 is 0 Å². The maximum atomic E-state index is 10.5. The van der Waals surface area contributed by atoms with Crippen molar-refractivity contribution in [2.45, 2.75) is 19.4 Å². The third-order valence-corrected chi connectivity index (χ3v) is 3.93. The molecule has 114 valence electrons. The van der Waals surface area contributed by atoms with Gasteiger partial charge in [0.2, 0.25) is 0 Å². The van der Waals surface area contributed by atoms with Gasteiger partial charge in [-0.3, -0.25) is 4.68 Å². The number of ether oxygens (including phenoxy) is 2. The minimum Gasteiger partial charge on any atom is -0.493 e. The average Bonchev–Trinajstić information content (AvgIpc) is 2.72. The minimum absolute atomic E-state index is 0.347. The number of hydrogen-bond donors (Lipinski definition) is 1. The molecule has 0 spiro atoms. The molecule has 0 fully saturated rings. The summed E-state index contributed by atoms with van der Waals surface area (Å²) in [6.07, 6.45) is -0.415. The lowest BCUT2D eigenvalue weighted by molar-refractivity contribution is 0.170. The van der Waals surface area contributed by atoms with E-state index in [-0.39, 0.29) is 0 Å². The predicted octanol–water partition coefficient (Wildman–Crippen LogP) is 2.68. The van der Waals surface area contributed by atoms with Crippen molar-refractivity contribution in [2.75, 3.05) is 14.2 Å². The first-order chi connectivity index (χ1) is 9.99. The smallest absolute Gasteiger partial charge is 0.166 e. The SMILES string of the molecule is COc1cccc(C(O)Cc2c(Cl)c(C)nn2C)c1OC. The first-order valence-electron chi connectivity index (χ1n) is 6.56. The van der Waals surface area contributed by atoms with Gasteiger partial charge in [-0.15, -0.1) is 0 Å². The summed E-state index contributed by atoms with van der Waals surface area (Å²) in [6, 6.07) is 5.41. The predicted molar refractivity (Wildman–Crippen MR) is 81.2 cm³/mol. The van der Waals surface area contributed by atoms with Crippen LogP contribution in [0.15, 0.2) is 18.2 Å². The van der Waals surface area contributed by atoms with Gasteiger partial charge in [0.05, 0.1) is 36.7 Å². The van der Waals surface area contributed by atoms with Gasteiger partial charge in [0.1, 0.15) is 0 Å². The van der Waals surface area contributed by atoms with Crippen LogP contribution in [-0.2, 0) is 13.5 Å². The summed E-state index contributed by atoms with van der Waals surface area (Å²) < 4.78 is 12.3. The summed E-state index contributed by atoms with van der Waals surface area (Å²) in [7, 11) is 4.92. The molecule has 1 N–H and O–H groups in total. The molecule has 0 amide bonds. The van der Waals surface area contributed by atoms with Gasteiger partial charge in [0.25, 0.3) is 0 Å². The second kappa shape index (κ2) is 6.37. The molecular formula is C15H19ClN2O3. The van der Waals surface area contributed by atoms with Crippen LogP contribution in [0.4, 0.5) is 0 Å². The lowest BCUT2D eigenvalue weighted by Gasteiger charge is -2.17. The van der Waals surface area contributed by atoms with Crippen LogP contribution in [-0.4, -0.2) is 29.1 Å². The second-order valence-electron chi connectivity index (χ2n) is 4.77. The second-order valence-corrected chi connectivity index (χ2v) is 5.15. The summed E-state index contributed by atoms with van der Waals surface area (Å²) in [5.41, 5.74) is 2.19. The largest absolute Gasteiger partial charge is 0.493 e. The molecule has 1 heterocycles. The third-order valence-electron chi connectivity index (χ3n) is 3.44. The highest BCUT2D eigenvalue weighted by molar-refractivity contribution is 6.31. The van der Waals surface area contributed by atoms with Gasteiger partial charge in [-0.2, -0.15) is 5.10 Å². The fraction of sp³-hybridized carbons (Fsp3) is 0.400. The highest BCUT2D eigenvalue weighted by atomic mass is 35.5. The monoisotopic (exact) mass is 310 g/mol. The van der Waals surface area contributed by atoms with Crippen molar-refractivity contribution >= 4 is 11.6 Å². The lowest BCUT2D eigenvalue weighted by Crippen LogP contribution is -2.08. The van der Waals surface area contributed by atoms with Crippen molar-refractivity contribution < 1.29 is 14.6 Å². The summed E-state index contributed by atoms with van der Waals surface area (Å²) in [5.74, 6) is 1.11. The van der Waals surface area contributed by atoms with Gasteiger partial charge in [-0.05, 0) is 13.0 Å². The number of hydrogen-bond acceptors (Lipinski definition) is 4. The molecule has 1 aromatic heterocycles. The Kier molecular flexibility index (Phi) is 4.75. The molecule has 1 unspecified atom stereocenters. The van der Waals surface area contributed by atoms with E-state index in [4.69, 9.17) is 21.1 Å². The number of benzene rings is 1. The molecule has 0 saturated heterocycles. The van der Waals surface area contributed by atoms with E-state index in [0.717, 1.165) is 11.4 Å². The zero-order valence-electron chi connectivity index (χ0n) is 12.6. The zero-order valence-corrected chi connectivity index (χ0v) is 13.3. The normalized spacial score (nSPS) is 12.3. The van der Waals surface area contributed by atoms with E-state index in [1.165, 1.54) is 0 Å². The Hall–Kier alpha value is -1.72. The number of halogens is 1. The Balaban J connectivity index is 2.34. The van der Waals surface area contributed by atoms with Crippen LogP contribution in [0.25, 0.3) is 0 Å². The topological polar surface area (TPSA) is 56.5 Å². The molecule has 1 atom stereocenters. The molecule has 0 aliphatic carbocycles. The van der Waals surface area contributed by atoms with E-state index in [9.17, 15) is 5.11 Å². The third kappa shape index (κ3) is 2.99. The van der Waals surface area contributed by atoms with Gasteiger partial charge in [0.15, 0.2) is 11.5 Å². The molecule has 0 saturated carbocycles. The Morgan fingerprint density at radius 1 is 1.33 bits per heavy atom. The van der Waals surface area contributed by atoms with Gasteiger partial charge >= 0.3 is 0 Å². The van der Waals surface area contributed by atoms with Crippen molar-refractivity contribution in [3.05, 3.63) is 40.2 Å². The summed E-state index contributed by atoms with van der Waals surface area (Å²) in [5, 5.41) is 15.4. The van der Waals surface area contributed by atoms with Crippen LogP contribution in [0.5, 0.6) is 11.5 Å². The Labute approximate surface area is 129 Å². The molecule has 0 radical (unpaired) electrons. The fourth-order valence-corrected chi connectivity index (χ4v) is 2.61. The van der Waals surface area contributed by atoms with E-state index in [1.54, 1.807) is 25.0 Å². The number of methoxy groups -OCH3 is 2. The van der Waals surface area contributed by atoms with E-state index in [1.807, 2.05) is 26.1 Å². The van der Waals surface area contributed by atoms with Crippen molar-refractivity contribution in [2.24, 2.45) is 7.05 Å². The number of para-hydroxylation sites is 1. The Bertz CT molecular complexity index is 640. The standard InChI is InChI=1S/C15H19ClN2O3/c1-9-14(16)11(18(2)17-9)8-12(19)10-6-5-7-13(20-3)15(10)21-4/h5-7,12,19H,8H2,1-4H3.